The molecule has 3 rings (SSSR count). The van der Waals surface area contributed by atoms with Crippen LogP contribution >= 0.6 is 104 Å². The van der Waals surface area contributed by atoms with Gasteiger partial charge in [-0.25, -0.2) is 0 Å². The van der Waals surface area contributed by atoms with Gasteiger partial charge in [0.1, 0.15) is 17.1 Å². The van der Waals surface area contributed by atoms with E-state index in [9.17, 15) is 29.7 Å². The molecule has 0 radical (unpaired) electrons. The number of carboxylic acids is 3. The van der Waals surface area contributed by atoms with Crippen LogP contribution in [0.1, 0.15) is 31.5 Å². The summed E-state index contributed by atoms with van der Waals surface area (Å²) in [5, 5.41) is 30.6. The quantitative estimate of drug-likeness (QED) is 0.352. The number of hydrogen-bond acceptors (Lipinski definition) is 9. The summed E-state index contributed by atoms with van der Waals surface area (Å²) in [4.78, 5) is 41.3. The Balaban J connectivity index is 0.000000518. The van der Waals surface area contributed by atoms with Gasteiger partial charge in [-0.05, 0) is 0 Å². The molecular weight excluding hydrogens is 870 g/mol. The van der Waals surface area contributed by atoms with Crippen LogP contribution in [0.25, 0.3) is 0 Å². The molecule has 0 bridgehead atoms. The third-order valence-electron chi connectivity index (χ3n) is 3.33. The molecular formula is C18H3AuCl9N3O6. The first-order chi connectivity index (χ1) is 16.6. The maximum atomic E-state index is 10.3. The number of nitrogens with zero attached hydrogens (tertiary/aromatic N) is 3. The molecule has 200 valence electrons. The van der Waals surface area contributed by atoms with Crippen molar-refractivity contribution in [3.8, 4) is 0 Å². The van der Waals surface area contributed by atoms with Gasteiger partial charge in [0.25, 0.3) is 0 Å². The second kappa shape index (κ2) is 16.3. The Morgan fingerprint density at radius 2 is 0.649 bits per heavy atom. The van der Waals surface area contributed by atoms with E-state index in [0.29, 0.717) is 0 Å². The van der Waals surface area contributed by atoms with Crippen LogP contribution in [-0.4, -0.2) is 32.9 Å². The molecule has 0 unspecified atom stereocenters. The van der Waals surface area contributed by atoms with Crippen LogP contribution in [0, 0.1) is 0 Å². The Kier molecular flexibility index (Phi) is 16.0. The molecule has 0 aliphatic rings. The Morgan fingerprint density at radius 3 is 0.811 bits per heavy atom. The minimum atomic E-state index is -1.49. The number of rotatable bonds is 3. The van der Waals surface area contributed by atoms with Crippen molar-refractivity contribution in [1.29, 1.82) is 0 Å². The zero-order valence-corrected chi connectivity index (χ0v) is 25.7. The molecule has 0 saturated heterocycles. The molecule has 0 amide bonds. The van der Waals surface area contributed by atoms with Gasteiger partial charge in [-0.3, -0.25) is 15.0 Å². The standard InChI is InChI=1S/3C6H2Cl3NO2.Au/c3*7-2-1-10-5(6(11)12)4(9)3(2)8;/h3*1H,(H,11,12);/q;;;+3/p-3. The molecule has 0 atom stereocenters. The van der Waals surface area contributed by atoms with Crippen LogP contribution in [0.5, 0.6) is 0 Å². The van der Waals surface area contributed by atoms with Crippen molar-refractivity contribution in [2.24, 2.45) is 0 Å². The fourth-order valence-corrected chi connectivity index (χ4v) is 3.43. The fraction of sp³-hybridized carbons (Fsp3) is 0. The van der Waals surface area contributed by atoms with Crippen molar-refractivity contribution in [2.45, 2.75) is 0 Å². The van der Waals surface area contributed by atoms with Gasteiger partial charge in [0.05, 0.1) is 63.1 Å². The smallest absolute Gasteiger partial charge is 0.543 e. The van der Waals surface area contributed by atoms with E-state index < -0.39 is 35.0 Å². The molecule has 3 aromatic rings. The number of pyridine rings is 3. The molecule has 0 N–H and O–H groups in total. The first-order valence-electron chi connectivity index (χ1n) is 8.24. The molecule has 3 heterocycles. The topological polar surface area (TPSA) is 159 Å². The fourth-order valence-electron chi connectivity index (χ4n) is 1.76. The summed E-state index contributed by atoms with van der Waals surface area (Å²) >= 11 is 49.6. The van der Waals surface area contributed by atoms with Crippen molar-refractivity contribution >= 4 is 122 Å². The van der Waals surface area contributed by atoms with E-state index in [1.165, 1.54) is 0 Å². The molecule has 0 fully saturated rings. The van der Waals surface area contributed by atoms with E-state index in [-0.39, 0.29) is 67.6 Å². The molecule has 0 aliphatic carbocycles. The zero-order valence-electron chi connectivity index (χ0n) is 16.7. The molecule has 0 saturated carbocycles. The molecule has 0 aromatic carbocycles. The number of carbonyl (C=O) groups excluding carboxylic acids is 3. The summed E-state index contributed by atoms with van der Waals surface area (Å²) in [5.74, 6) is -4.46. The number of aromatic carboxylic acids is 3. The summed E-state index contributed by atoms with van der Waals surface area (Å²) < 4.78 is 0. The van der Waals surface area contributed by atoms with Crippen molar-refractivity contribution in [1.82, 2.24) is 15.0 Å². The van der Waals surface area contributed by atoms with Crippen LogP contribution < -0.4 is 15.3 Å². The van der Waals surface area contributed by atoms with Crippen LogP contribution in [0.3, 0.4) is 0 Å². The van der Waals surface area contributed by atoms with E-state index >= 15 is 0 Å². The average Bonchev–Trinajstić information content (AvgIpc) is 2.79. The monoisotopic (exact) mass is 869 g/mol. The second-order valence-electron chi connectivity index (χ2n) is 5.61. The third kappa shape index (κ3) is 10.0. The first-order valence-corrected chi connectivity index (χ1v) is 11.6. The van der Waals surface area contributed by atoms with Gasteiger partial charge in [-0.1, -0.05) is 104 Å². The van der Waals surface area contributed by atoms with E-state index in [1.54, 1.807) is 0 Å². The molecule has 0 aliphatic heterocycles. The molecule has 3 aromatic heterocycles. The van der Waals surface area contributed by atoms with Crippen molar-refractivity contribution in [3.63, 3.8) is 0 Å². The van der Waals surface area contributed by atoms with Crippen molar-refractivity contribution in [2.75, 3.05) is 0 Å². The molecule has 0 spiro atoms. The summed E-state index contributed by atoms with van der Waals surface area (Å²) in [7, 11) is 0. The minimum absolute atomic E-state index is 0. The van der Waals surface area contributed by atoms with Gasteiger partial charge < -0.3 is 29.7 Å². The molecule has 37 heavy (non-hydrogen) atoms. The SMILES string of the molecule is O=C([O-])c1ncc(Cl)c(Cl)c1Cl.O=C([O-])c1ncc(Cl)c(Cl)c1Cl.O=C([O-])c1ncc(Cl)c(Cl)c1Cl.[Au+3]. The van der Waals surface area contributed by atoms with E-state index in [4.69, 9.17) is 104 Å². The Hall–Kier alpha value is -0.790. The number of halogens is 9. The number of aromatic nitrogens is 3. The number of carbonyl (C=O) groups is 3. The first kappa shape index (κ1) is 36.2. The molecule has 19 heteroatoms. The average molecular weight is 873 g/mol. The Bertz CT molecular complexity index is 1190. The summed E-state index contributed by atoms with van der Waals surface area (Å²) in [5.41, 5.74) is -1.23. The number of hydrogen-bond donors (Lipinski definition) is 0. The van der Waals surface area contributed by atoms with Gasteiger partial charge in [-0.2, -0.15) is 0 Å². The van der Waals surface area contributed by atoms with Crippen LogP contribution in [0.2, 0.25) is 45.2 Å². The van der Waals surface area contributed by atoms with Crippen molar-refractivity contribution < 1.29 is 52.1 Å². The second-order valence-corrected chi connectivity index (χ2v) is 9.10. The van der Waals surface area contributed by atoms with Gasteiger partial charge in [-0.15, -0.1) is 0 Å². The van der Waals surface area contributed by atoms with E-state index in [1.807, 2.05) is 0 Å². The van der Waals surface area contributed by atoms with E-state index in [0.717, 1.165) is 18.6 Å². The third-order valence-corrected chi connectivity index (χ3v) is 7.05. The normalized spacial score (nSPS) is 9.65. The van der Waals surface area contributed by atoms with Gasteiger partial charge >= 0.3 is 22.4 Å². The largest absolute Gasteiger partial charge is 3.00 e. The Morgan fingerprint density at radius 1 is 0.459 bits per heavy atom. The van der Waals surface area contributed by atoms with Gasteiger partial charge in [0.2, 0.25) is 0 Å². The zero-order chi connectivity index (χ0) is 27.9. The maximum Gasteiger partial charge on any atom is 3.00 e. The summed E-state index contributed by atoms with van der Waals surface area (Å²) in [6.07, 6.45) is 3.29. The predicted molar refractivity (Wildman–Crippen MR) is 131 cm³/mol. The number of carboxylic acid groups (broad SMARTS) is 3. The predicted octanol–water partition coefficient (Wildman–Crippen LogP) is 4.21. The minimum Gasteiger partial charge on any atom is -0.543 e. The van der Waals surface area contributed by atoms with Crippen LogP contribution in [0.15, 0.2) is 18.6 Å². The Labute approximate surface area is 268 Å². The summed E-state index contributed by atoms with van der Waals surface area (Å²) in [6.45, 7) is 0. The van der Waals surface area contributed by atoms with Gasteiger partial charge in [0, 0.05) is 18.6 Å². The van der Waals surface area contributed by atoms with Crippen LogP contribution in [-0.2, 0) is 22.4 Å². The van der Waals surface area contributed by atoms with Crippen molar-refractivity contribution in [3.05, 3.63) is 80.9 Å². The molecule has 9 nitrogen and oxygen atoms in total. The maximum absolute atomic E-state index is 10.3. The summed E-state index contributed by atoms with van der Waals surface area (Å²) in [6, 6.07) is 0. The van der Waals surface area contributed by atoms with Crippen LogP contribution in [0.4, 0.5) is 0 Å². The van der Waals surface area contributed by atoms with E-state index in [2.05, 4.69) is 15.0 Å². The van der Waals surface area contributed by atoms with Gasteiger partial charge in [0.15, 0.2) is 0 Å².